The summed E-state index contributed by atoms with van der Waals surface area (Å²) in [6, 6.07) is 7.91. The quantitative estimate of drug-likeness (QED) is 0.785. The Morgan fingerprint density at radius 2 is 2.13 bits per heavy atom. The van der Waals surface area contributed by atoms with Crippen LogP contribution in [0.1, 0.15) is 28.4 Å². The van der Waals surface area contributed by atoms with E-state index in [9.17, 15) is 4.79 Å². The molecule has 1 aliphatic rings. The second-order valence-corrected chi connectivity index (χ2v) is 3.37. The van der Waals surface area contributed by atoms with Crippen LogP contribution < -0.4 is 5.32 Å². The highest BCUT2D eigenvalue weighted by Crippen LogP contribution is 2.26. The first-order valence-electron chi connectivity index (χ1n) is 4.73. The second-order valence-electron chi connectivity index (χ2n) is 3.37. The van der Waals surface area contributed by atoms with Crippen molar-refractivity contribution < 1.29 is 9.53 Å². The minimum absolute atomic E-state index is 0. The van der Waals surface area contributed by atoms with Crippen molar-refractivity contribution in [1.29, 1.82) is 0 Å². The first-order valence-corrected chi connectivity index (χ1v) is 4.73. The minimum atomic E-state index is -0.255. The largest absolute Gasteiger partial charge is 0.465 e. The van der Waals surface area contributed by atoms with E-state index < -0.39 is 0 Å². The van der Waals surface area contributed by atoms with Gasteiger partial charge in [0.2, 0.25) is 0 Å². The van der Waals surface area contributed by atoms with Crippen molar-refractivity contribution in [2.75, 3.05) is 13.7 Å². The normalized spacial score (nSPS) is 18.6. The van der Waals surface area contributed by atoms with Gasteiger partial charge in [0.15, 0.2) is 0 Å². The predicted molar refractivity (Wildman–Crippen MR) is 60.4 cm³/mol. The Balaban J connectivity index is 0.00000112. The Bertz CT molecular complexity index is 350. The number of methoxy groups -OCH3 is 1. The molecule has 0 spiro atoms. The fraction of sp³-hybridized carbons (Fsp3) is 0.364. The fourth-order valence-corrected chi connectivity index (χ4v) is 1.65. The van der Waals surface area contributed by atoms with Crippen LogP contribution in [0.15, 0.2) is 24.3 Å². The molecular formula is C11H14ClNO2. The maximum atomic E-state index is 11.4. The number of carbonyl (C=O) groups is 1. The van der Waals surface area contributed by atoms with Gasteiger partial charge in [0, 0.05) is 6.04 Å². The maximum Gasteiger partial charge on any atom is 0.338 e. The van der Waals surface area contributed by atoms with Gasteiger partial charge in [-0.1, -0.05) is 18.2 Å². The molecular weight excluding hydrogens is 214 g/mol. The van der Waals surface area contributed by atoms with Crippen LogP contribution in [0.5, 0.6) is 0 Å². The van der Waals surface area contributed by atoms with Crippen LogP contribution in [0.25, 0.3) is 0 Å². The number of benzene rings is 1. The molecule has 1 atom stereocenters. The fourth-order valence-electron chi connectivity index (χ4n) is 1.65. The maximum absolute atomic E-state index is 11.4. The molecule has 1 aromatic carbocycles. The van der Waals surface area contributed by atoms with E-state index in [1.165, 1.54) is 7.11 Å². The van der Waals surface area contributed by atoms with Gasteiger partial charge in [0.25, 0.3) is 0 Å². The summed E-state index contributed by atoms with van der Waals surface area (Å²) in [5.41, 5.74) is 1.72. The second kappa shape index (κ2) is 5.14. The van der Waals surface area contributed by atoms with E-state index in [1.54, 1.807) is 6.07 Å². The lowest BCUT2D eigenvalue weighted by Crippen LogP contribution is -2.36. The highest BCUT2D eigenvalue weighted by molar-refractivity contribution is 5.91. The third kappa shape index (κ3) is 2.30. The van der Waals surface area contributed by atoms with Gasteiger partial charge in [0.05, 0.1) is 12.7 Å². The zero-order valence-corrected chi connectivity index (χ0v) is 9.34. The van der Waals surface area contributed by atoms with Crippen LogP contribution in [-0.4, -0.2) is 19.6 Å². The summed E-state index contributed by atoms with van der Waals surface area (Å²) in [5.74, 6) is -0.255. The Labute approximate surface area is 95.2 Å². The van der Waals surface area contributed by atoms with Crippen LogP contribution in [0.2, 0.25) is 0 Å². The molecule has 0 radical (unpaired) electrons. The molecule has 0 bridgehead atoms. The van der Waals surface area contributed by atoms with Crippen molar-refractivity contribution in [2.24, 2.45) is 0 Å². The van der Waals surface area contributed by atoms with Gasteiger partial charge in [-0.25, -0.2) is 4.79 Å². The van der Waals surface area contributed by atoms with E-state index in [4.69, 9.17) is 4.74 Å². The molecule has 2 rings (SSSR count). The van der Waals surface area contributed by atoms with Crippen molar-refractivity contribution in [3.05, 3.63) is 35.4 Å². The first kappa shape index (κ1) is 12.0. The summed E-state index contributed by atoms with van der Waals surface area (Å²) in [5, 5.41) is 3.27. The molecule has 1 aliphatic heterocycles. The Morgan fingerprint density at radius 1 is 1.47 bits per heavy atom. The number of ether oxygens (including phenoxy) is 1. The minimum Gasteiger partial charge on any atom is -0.465 e. The van der Waals surface area contributed by atoms with Crippen LogP contribution in [0, 0.1) is 0 Å². The Morgan fingerprint density at radius 3 is 2.67 bits per heavy atom. The Kier molecular flexibility index (Phi) is 4.12. The number of hydrogen-bond acceptors (Lipinski definition) is 3. The standard InChI is InChI=1S/C11H13NO2.ClH/c1-14-11(13)9-5-3-2-4-8(9)10-6-7-12-10;/h2-5,10,12H,6-7H2,1H3;1H/t10-;/m1./s1. The van der Waals surface area contributed by atoms with Gasteiger partial charge in [-0.05, 0) is 24.6 Å². The van der Waals surface area contributed by atoms with Gasteiger partial charge < -0.3 is 10.1 Å². The van der Waals surface area contributed by atoms with Gasteiger partial charge in [-0.2, -0.15) is 0 Å². The molecule has 3 nitrogen and oxygen atoms in total. The number of rotatable bonds is 2. The van der Waals surface area contributed by atoms with Crippen molar-refractivity contribution in [3.8, 4) is 0 Å². The number of esters is 1. The summed E-state index contributed by atoms with van der Waals surface area (Å²) in [6.45, 7) is 1.03. The van der Waals surface area contributed by atoms with E-state index in [0.29, 0.717) is 11.6 Å². The van der Waals surface area contributed by atoms with Crippen LogP contribution in [0.3, 0.4) is 0 Å². The molecule has 4 heteroatoms. The molecule has 0 unspecified atom stereocenters. The lowest BCUT2D eigenvalue weighted by molar-refractivity contribution is 0.0598. The summed E-state index contributed by atoms with van der Waals surface area (Å²) in [7, 11) is 1.41. The monoisotopic (exact) mass is 227 g/mol. The molecule has 1 fully saturated rings. The van der Waals surface area contributed by atoms with Crippen LogP contribution >= 0.6 is 12.4 Å². The Hall–Kier alpha value is -1.06. The van der Waals surface area contributed by atoms with Crippen molar-refractivity contribution in [2.45, 2.75) is 12.5 Å². The highest BCUT2D eigenvalue weighted by atomic mass is 35.5. The topological polar surface area (TPSA) is 38.3 Å². The van der Waals surface area contributed by atoms with E-state index in [0.717, 1.165) is 18.5 Å². The lowest BCUT2D eigenvalue weighted by Gasteiger charge is -2.29. The van der Waals surface area contributed by atoms with E-state index in [1.807, 2.05) is 18.2 Å². The SMILES string of the molecule is COC(=O)c1ccccc1[C@H]1CCN1.Cl. The molecule has 0 aliphatic carbocycles. The van der Waals surface area contributed by atoms with Crippen molar-refractivity contribution in [1.82, 2.24) is 5.32 Å². The molecule has 0 aromatic heterocycles. The third-order valence-corrected chi connectivity index (χ3v) is 2.57. The predicted octanol–water partition coefficient (Wildman–Crippen LogP) is 1.93. The first-order chi connectivity index (χ1) is 6.83. The van der Waals surface area contributed by atoms with Gasteiger partial charge in [0.1, 0.15) is 0 Å². The van der Waals surface area contributed by atoms with E-state index in [-0.39, 0.29) is 18.4 Å². The summed E-state index contributed by atoms with van der Waals surface area (Å²) >= 11 is 0. The van der Waals surface area contributed by atoms with Gasteiger partial charge in [-0.15, -0.1) is 12.4 Å². The average molecular weight is 228 g/mol. The molecule has 1 aromatic rings. The highest BCUT2D eigenvalue weighted by Gasteiger charge is 2.23. The smallest absolute Gasteiger partial charge is 0.338 e. The third-order valence-electron chi connectivity index (χ3n) is 2.57. The summed E-state index contributed by atoms with van der Waals surface area (Å²) < 4.78 is 4.73. The molecule has 82 valence electrons. The number of carbonyl (C=O) groups excluding carboxylic acids is 1. The summed E-state index contributed by atoms with van der Waals surface area (Å²) in [4.78, 5) is 11.4. The zero-order valence-electron chi connectivity index (χ0n) is 8.53. The van der Waals surface area contributed by atoms with E-state index in [2.05, 4.69) is 5.32 Å². The van der Waals surface area contributed by atoms with E-state index >= 15 is 0 Å². The summed E-state index contributed by atoms with van der Waals surface area (Å²) in [6.07, 6.45) is 1.09. The lowest BCUT2D eigenvalue weighted by atomic mass is 9.93. The van der Waals surface area contributed by atoms with Crippen molar-refractivity contribution in [3.63, 3.8) is 0 Å². The molecule has 0 amide bonds. The van der Waals surface area contributed by atoms with Crippen LogP contribution in [-0.2, 0) is 4.74 Å². The van der Waals surface area contributed by atoms with Crippen LogP contribution in [0.4, 0.5) is 0 Å². The molecule has 1 saturated heterocycles. The molecule has 0 saturated carbocycles. The number of halogens is 1. The number of nitrogens with one attached hydrogen (secondary N) is 1. The van der Waals surface area contributed by atoms with Gasteiger partial charge in [-0.3, -0.25) is 0 Å². The molecule has 1 N–H and O–H groups in total. The molecule has 15 heavy (non-hydrogen) atoms. The number of hydrogen-bond donors (Lipinski definition) is 1. The average Bonchev–Trinajstić information content (AvgIpc) is 2.15. The van der Waals surface area contributed by atoms with Crippen molar-refractivity contribution >= 4 is 18.4 Å². The molecule has 1 heterocycles. The van der Waals surface area contributed by atoms with Gasteiger partial charge >= 0.3 is 5.97 Å². The zero-order chi connectivity index (χ0) is 9.97.